The third kappa shape index (κ3) is 1.93. The SMILES string of the molecule is CC(C)c1cccc(-c2nsc3ccccc23)c1. The molecule has 0 bridgehead atoms. The molecule has 0 spiro atoms. The first-order valence-electron chi connectivity index (χ1n) is 6.20. The van der Waals surface area contributed by atoms with Crippen molar-refractivity contribution in [3.05, 3.63) is 54.1 Å². The van der Waals surface area contributed by atoms with E-state index in [-0.39, 0.29) is 0 Å². The van der Waals surface area contributed by atoms with Crippen molar-refractivity contribution in [2.45, 2.75) is 19.8 Å². The molecule has 1 nitrogen and oxygen atoms in total. The Labute approximate surface area is 111 Å². The van der Waals surface area contributed by atoms with Crippen molar-refractivity contribution in [2.75, 3.05) is 0 Å². The first kappa shape index (κ1) is 11.4. The summed E-state index contributed by atoms with van der Waals surface area (Å²) < 4.78 is 5.86. The molecule has 0 aliphatic carbocycles. The second-order valence-corrected chi connectivity index (χ2v) is 5.61. The lowest BCUT2D eigenvalue weighted by Gasteiger charge is -2.06. The Morgan fingerprint density at radius 3 is 2.67 bits per heavy atom. The van der Waals surface area contributed by atoms with E-state index >= 15 is 0 Å². The molecule has 0 atom stereocenters. The van der Waals surface area contributed by atoms with Crippen LogP contribution >= 0.6 is 11.5 Å². The van der Waals surface area contributed by atoms with E-state index in [1.807, 2.05) is 0 Å². The minimum atomic E-state index is 0.551. The van der Waals surface area contributed by atoms with Gasteiger partial charge in [-0.2, -0.15) is 4.37 Å². The fraction of sp³-hybridized carbons (Fsp3) is 0.188. The number of hydrogen-bond acceptors (Lipinski definition) is 2. The number of aromatic nitrogens is 1. The summed E-state index contributed by atoms with van der Waals surface area (Å²) in [5, 5.41) is 1.25. The summed E-state index contributed by atoms with van der Waals surface area (Å²) in [5.41, 5.74) is 3.70. The molecule has 18 heavy (non-hydrogen) atoms. The van der Waals surface area contributed by atoms with E-state index in [0.717, 1.165) is 5.69 Å². The Balaban J connectivity index is 2.17. The maximum atomic E-state index is 4.61. The summed E-state index contributed by atoms with van der Waals surface area (Å²) >= 11 is 1.57. The normalized spacial score (nSPS) is 11.3. The van der Waals surface area contributed by atoms with Crippen LogP contribution in [-0.2, 0) is 0 Å². The Bertz CT molecular complexity index is 682. The van der Waals surface area contributed by atoms with Gasteiger partial charge in [0.25, 0.3) is 0 Å². The highest BCUT2D eigenvalue weighted by Crippen LogP contribution is 2.31. The number of benzene rings is 2. The molecule has 0 aliphatic rings. The third-order valence-corrected chi connectivity index (χ3v) is 4.03. The second kappa shape index (κ2) is 4.54. The van der Waals surface area contributed by atoms with Crippen LogP contribution in [0.5, 0.6) is 0 Å². The van der Waals surface area contributed by atoms with Gasteiger partial charge in [0.1, 0.15) is 0 Å². The molecule has 0 fully saturated rings. The van der Waals surface area contributed by atoms with Gasteiger partial charge >= 0.3 is 0 Å². The molecule has 0 saturated heterocycles. The van der Waals surface area contributed by atoms with Gasteiger partial charge in [0, 0.05) is 10.9 Å². The molecule has 0 amide bonds. The lowest BCUT2D eigenvalue weighted by atomic mass is 9.99. The smallest absolute Gasteiger partial charge is 0.0919 e. The molecule has 2 aromatic carbocycles. The number of rotatable bonds is 2. The molecule has 0 radical (unpaired) electrons. The van der Waals surface area contributed by atoms with Gasteiger partial charge < -0.3 is 0 Å². The topological polar surface area (TPSA) is 12.9 Å². The fourth-order valence-corrected chi connectivity index (χ4v) is 2.94. The van der Waals surface area contributed by atoms with Crippen LogP contribution in [0.2, 0.25) is 0 Å². The zero-order chi connectivity index (χ0) is 12.5. The molecular formula is C16H15NS. The number of nitrogens with zero attached hydrogens (tertiary/aromatic N) is 1. The zero-order valence-corrected chi connectivity index (χ0v) is 11.4. The van der Waals surface area contributed by atoms with Crippen LogP contribution in [0, 0.1) is 0 Å². The number of fused-ring (bicyclic) bond motifs is 1. The van der Waals surface area contributed by atoms with Crippen molar-refractivity contribution < 1.29 is 0 Å². The van der Waals surface area contributed by atoms with E-state index in [1.54, 1.807) is 11.5 Å². The van der Waals surface area contributed by atoms with Crippen LogP contribution in [-0.4, -0.2) is 4.37 Å². The average Bonchev–Trinajstić information content (AvgIpc) is 2.82. The highest BCUT2D eigenvalue weighted by atomic mass is 32.1. The fourth-order valence-electron chi connectivity index (χ4n) is 2.14. The van der Waals surface area contributed by atoms with Crippen molar-refractivity contribution in [1.29, 1.82) is 0 Å². The summed E-state index contributed by atoms with van der Waals surface area (Å²) in [6, 6.07) is 17.1. The van der Waals surface area contributed by atoms with Crippen molar-refractivity contribution in [1.82, 2.24) is 4.37 Å². The maximum Gasteiger partial charge on any atom is 0.0919 e. The van der Waals surface area contributed by atoms with Gasteiger partial charge in [-0.25, -0.2) is 0 Å². The van der Waals surface area contributed by atoms with Gasteiger partial charge in [0.2, 0.25) is 0 Å². The molecule has 3 rings (SSSR count). The molecule has 1 aromatic heterocycles. The van der Waals surface area contributed by atoms with Gasteiger partial charge in [-0.1, -0.05) is 50.2 Å². The second-order valence-electron chi connectivity index (χ2n) is 4.81. The quantitative estimate of drug-likeness (QED) is 0.620. The van der Waals surface area contributed by atoms with E-state index < -0.39 is 0 Å². The third-order valence-electron chi connectivity index (χ3n) is 3.20. The van der Waals surface area contributed by atoms with Crippen LogP contribution in [0.3, 0.4) is 0 Å². The van der Waals surface area contributed by atoms with Crippen molar-refractivity contribution in [3.8, 4) is 11.3 Å². The van der Waals surface area contributed by atoms with Gasteiger partial charge in [0.15, 0.2) is 0 Å². The largest absolute Gasteiger partial charge is 0.191 e. The molecular weight excluding hydrogens is 238 g/mol. The van der Waals surface area contributed by atoms with Crippen LogP contribution in [0.1, 0.15) is 25.3 Å². The minimum absolute atomic E-state index is 0.551. The Morgan fingerprint density at radius 2 is 1.83 bits per heavy atom. The Hall–Kier alpha value is -1.67. The maximum absolute atomic E-state index is 4.61. The lowest BCUT2D eigenvalue weighted by molar-refractivity contribution is 0.867. The van der Waals surface area contributed by atoms with E-state index in [0.29, 0.717) is 5.92 Å². The minimum Gasteiger partial charge on any atom is -0.191 e. The first-order chi connectivity index (χ1) is 8.75. The molecule has 2 heteroatoms. The summed E-state index contributed by atoms with van der Waals surface area (Å²) in [6.07, 6.45) is 0. The molecule has 0 saturated carbocycles. The van der Waals surface area contributed by atoms with Crippen LogP contribution in [0.15, 0.2) is 48.5 Å². The Kier molecular flexibility index (Phi) is 2.88. The summed E-state index contributed by atoms with van der Waals surface area (Å²) in [7, 11) is 0. The molecule has 0 aliphatic heterocycles. The van der Waals surface area contributed by atoms with E-state index in [4.69, 9.17) is 0 Å². The van der Waals surface area contributed by atoms with Gasteiger partial charge in [0.05, 0.1) is 10.4 Å². The van der Waals surface area contributed by atoms with Gasteiger partial charge in [-0.05, 0) is 35.1 Å². The Morgan fingerprint density at radius 1 is 1.00 bits per heavy atom. The van der Waals surface area contributed by atoms with Crippen LogP contribution < -0.4 is 0 Å². The molecule has 1 heterocycles. The predicted octanol–water partition coefficient (Wildman–Crippen LogP) is 5.09. The zero-order valence-electron chi connectivity index (χ0n) is 10.6. The highest BCUT2D eigenvalue weighted by Gasteiger charge is 2.09. The molecule has 0 N–H and O–H groups in total. The average molecular weight is 253 g/mol. The van der Waals surface area contributed by atoms with Crippen LogP contribution in [0.4, 0.5) is 0 Å². The number of hydrogen-bond donors (Lipinski definition) is 0. The first-order valence-corrected chi connectivity index (χ1v) is 6.98. The van der Waals surface area contributed by atoms with Crippen LogP contribution in [0.25, 0.3) is 21.3 Å². The highest BCUT2D eigenvalue weighted by molar-refractivity contribution is 7.13. The van der Waals surface area contributed by atoms with Gasteiger partial charge in [-0.15, -0.1) is 0 Å². The summed E-state index contributed by atoms with van der Waals surface area (Å²) in [4.78, 5) is 0. The predicted molar refractivity (Wildman–Crippen MR) is 79.1 cm³/mol. The van der Waals surface area contributed by atoms with E-state index in [1.165, 1.54) is 21.2 Å². The summed E-state index contributed by atoms with van der Waals surface area (Å²) in [5.74, 6) is 0.551. The lowest BCUT2D eigenvalue weighted by Crippen LogP contribution is -1.87. The van der Waals surface area contributed by atoms with E-state index in [2.05, 4.69) is 66.8 Å². The van der Waals surface area contributed by atoms with Gasteiger partial charge in [-0.3, -0.25) is 0 Å². The monoisotopic (exact) mass is 253 g/mol. The molecule has 3 aromatic rings. The van der Waals surface area contributed by atoms with Crippen molar-refractivity contribution >= 4 is 21.6 Å². The summed E-state index contributed by atoms with van der Waals surface area (Å²) in [6.45, 7) is 4.44. The van der Waals surface area contributed by atoms with Crippen molar-refractivity contribution in [2.24, 2.45) is 0 Å². The molecule has 90 valence electrons. The van der Waals surface area contributed by atoms with Crippen molar-refractivity contribution in [3.63, 3.8) is 0 Å². The molecule has 0 unspecified atom stereocenters. The standard InChI is InChI=1S/C16H15NS/c1-11(2)12-6-5-7-13(10-12)16-14-8-3-4-9-15(14)18-17-16/h3-11H,1-2H3. The van der Waals surface area contributed by atoms with E-state index in [9.17, 15) is 0 Å².